The summed E-state index contributed by atoms with van der Waals surface area (Å²) in [7, 11) is 0. The van der Waals surface area contributed by atoms with Gasteiger partial charge in [-0.3, -0.25) is 0 Å². The molecule has 0 amide bonds. The van der Waals surface area contributed by atoms with Crippen molar-refractivity contribution >= 4 is 11.8 Å². The van der Waals surface area contributed by atoms with Crippen molar-refractivity contribution in [3.8, 4) is 11.5 Å². The second kappa shape index (κ2) is 8.90. The van der Waals surface area contributed by atoms with E-state index in [0.717, 1.165) is 11.0 Å². The summed E-state index contributed by atoms with van der Waals surface area (Å²) in [5.74, 6) is 2.10. The predicted molar refractivity (Wildman–Crippen MR) is 110 cm³/mol. The highest BCUT2D eigenvalue weighted by molar-refractivity contribution is 7.99. The summed E-state index contributed by atoms with van der Waals surface area (Å²) in [5.41, 5.74) is 0.691. The summed E-state index contributed by atoms with van der Waals surface area (Å²) >= 11 is 1.54. The molecule has 1 aromatic carbocycles. The molecule has 1 aliphatic carbocycles. The summed E-state index contributed by atoms with van der Waals surface area (Å²) in [6, 6.07) is 6.01. The van der Waals surface area contributed by atoms with Crippen molar-refractivity contribution in [1.82, 2.24) is 25.0 Å². The molecule has 0 spiro atoms. The second-order valence-electron chi connectivity index (χ2n) is 7.29. The summed E-state index contributed by atoms with van der Waals surface area (Å²) in [4.78, 5) is 0. The highest BCUT2D eigenvalue weighted by Gasteiger charge is 2.25. The smallest absolute Gasteiger partial charge is 0.247 e. The zero-order valence-electron chi connectivity index (χ0n) is 16.4. The number of nitrogens with zero attached hydrogens (tertiary/aromatic N) is 5. The lowest BCUT2D eigenvalue weighted by Crippen LogP contribution is -2.12. The van der Waals surface area contributed by atoms with Gasteiger partial charge >= 0.3 is 0 Å². The third kappa shape index (κ3) is 4.42. The van der Waals surface area contributed by atoms with Crippen LogP contribution in [0.4, 0.5) is 4.39 Å². The number of hydrogen-bond acceptors (Lipinski definition) is 6. The van der Waals surface area contributed by atoms with Crippen LogP contribution in [-0.4, -0.2) is 25.0 Å². The van der Waals surface area contributed by atoms with E-state index < -0.39 is 0 Å². The van der Waals surface area contributed by atoms with Gasteiger partial charge < -0.3 is 8.98 Å². The van der Waals surface area contributed by atoms with Crippen LogP contribution >= 0.6 is 11.8 Å². The van der Waals surface area contributed by atoms with Crippen LogP contribution in [0.2, 0.25) is 0 Å². The fraction of sp³-hybridized carbons (Fsp3) is 0.429. The molecule has 1 atom stereocenters. The first kappa shape index (κ1) is 19.8. The van der Waals surface area contributed by atoms with E-state index in [4.69, 9.17) is 4.42 Å². The molecule has 0 N–H and O–H groups in total. The molecule has 0 radical (unpaired) electrons. The Kier molecular flexibility index (Phi) is 6.08. The Morgan fingerprint density at radius 1 is 1.17 bits per heavy atom. The molecule has 0 aliphatic heterocycles. The molecule has 29 heavy (non-hydrogen) atoms. The molecule has 0 unspecified atom stereocenters. The van der Waals surface area contributed by atoms with Gasteiger partial charge in [0.1, 0.15) is 11.6 Å². The summed E-state index contributed by atoms with van der Waals surface area (Å²) in [6.45, 7) is 6.57. The summed E-state index contributed by atoms with van der Waals surface area (Å²) < 4.78 is 21.1. The molecular formula is C21H24FN5OS. The van der Waals surface area contributed by atoms with Crippen molar-refractivity contribution < 1.29 is 8.81 Å². The van der Waals surface area contributed by atoms with Crippen molar-refractivity contribution in [2.24, 2.45) is 0 Å². The van der Waals surface area contributed by atoms with E-state index in [1.165, 1.54) is 44.2 Å². The average Bonchev–Trinajstić information content (AvgIpc) is 3.38. The summed E-state index contributed by atoms with van der Waals surface area (Å²) in [5, 5.41) is 18.0. The van der Waals surface area contributed by atoms with Crippen LogP contribution in [0.15, 0.2) is 46.5 Å². The van der Waals surface area contributed by atoms with Gasteiger partial charge in [0.2, 0.25) is 11.8 Å². The number of hydrogen-bond donors (Lipinski definition) is 0. The van der Waals surface area contributed by atoms with Crippen molar-refractivity contribution in [1.29, 1.82) is 0 Å². The second-order valence-corrected chi connectivity index (χ2v) is 8.60. The van der Waals surface area contributed by atoms with Gasteiger partial charge in [-0.2, -0.15) is 0 Å². The maximum atomic E-state index is 13.1. The minimum atomic E-state index is -0.298. The van der Waals surface area contributed by atoms with Gasteiger partial charge in [0, 0.05) is 18.0 Å². The van der Waals surface area contributed by atoms with Crippen molar-refractivity contribution in [3.05, 3.63) is 54.5 Å². The first-order valence-corrected chi connectivity index (χ1v) is 10.8. The van der Waals surface area contributed by atoms with E-state index in [-0.39, 0.29) is 11.1 Å². The monoisotopic (exact) mass is 413 g/mol. The van der Waals surface area contributed by atoms with Crippen LogP contribution in [0.5, 0.6) is 0 Å². The van der Waals surface area contributed by atoms with E-state index in [0.29, 0.717) is 29.8 Å². The average molecular weight is 414 g/mol. The molecule has 2 aromatic heterocycles. The molecule has 1 fully saturated rings. The quantitative estimate of drug-likeness (QED) is 0.373. The van der Waals surface area contributed by atoms with Crippen molar-refractivity contribution in [2.75, 3.05) is 0 Å². The fourth-order valence-electron chi connectivity index (χ4n) is 3.67. The van der Waals surface area contributed by atoms with Gasteiger partial charge in [0.15, 0.2) is 5.16 Å². The molecule has 0 saturated heterocycles. The Balaban J connectivity index is 1.52. The number of halogens is 1. The summed E-state index contributed by atoms with van der Waals surface area (Å²) in [6.07, 6.45) is 8.01. The van der Waals surface area contributed by atoms with Crippen molar-refractivity contribution in [3.63, 3.8) is 0 Å². The number of allylic oxidation sites excluding steroid dienone is 1. The standard InChI is InChI=1S/C21H24FN5OS/c1-3-13-27-18(15-7-5-4-6-8-15)23-26-21(27)29-14(2)19-24-25-20(28-19)16-9-11-17(22)12-10-16/h3,9-12,14-15H,1,4-8,13H2,2H3/t14-/m0/s1. The number of rotatable bonds is 7. The molecular weight excluding hydrogens is 389 g/mol. The molecule has 3 aromatic rings. The molecule has 8 heteroatoms. The van der Waals surface area contributed by atoms with Crippen LogP contribution in [0, 0.1) is 5.82 Å². The maximum absolute atomic E-state index is 13.1. The minimum absolute atomic E-state index is 0.0938. The molecule has 1 saturated carbocycles. The lowest BCUT2D eigenvalue weighted by molar-refractivity contribution is 0.415. The van der Waals surface area contributed by atoms with E-state index in [1.54, 1.807) is 23.9 Å². The first-order chi connectivity index (χ1) is 14.2. The normalized spacial score (nSPS) is 16.1. The molecule has 2 heterocycles. The number of thioether (sulfide) groups is 1. The van der Waals surface area contributed by atoms with Gasteiger partial charge in [-0.15, -0.1) is 27.0 Å². The van der Waals surface area contributed by atoms with Crippen LogP contribution < -0.4 is 0 Å². The first-order valence-electron chi connectivity index (χ1n) is 9.95. The largest absolute Gasteiger partial charge is 0.419 e. The van der Waals surface area contributed by atoms with Gasteiger partial charge in [-0.05, 0) is 44.0 Å². The molecule has 1 aliphatic rings. The highest BCUT2D eigenvalue weighted by Crippen LogP contribution is 2.37. The SMILES string of the molecule is C=CCn1c(S[C@@H](C)c2nnc(-c3ccc(F)cc3)o2)nnc1C1CCCCC1. The van der Waals surface area contributed by atoms with E-state index in [1.807, 2.05) is 13.0 Å². The van der Waals surface area contributed by atoms with E-state index in [9.17, 15) is 4.39 Å². The Bertz CT molecular complexity index is 962. The Hall–Kier alpha value is -2.48. The topological polar surface area (TPSA) is 69.6 Å². The molecule has 6 nitrogen and oxygen atoms in total. The molecule has 152 valence electrons. The highest BCUT2D eigenvalue weighted by atomic mass is 32.2. The van der Waals surface area contributed by atoms with Crippen LogP contribution in [0.25, 0.3) is 11.5 Å². The van der Waals surface area contributed by atoms with Crippen LogP contribution in [0.1, 0.15) is 61.9 Å². The Morgan fingerprint density at radius 2 is 1.93 bits per heavy atom. The van der Waals surface area contributed by atoms with Gasteiger partial charge in [-0.1, -0.05) is 37.1 Å². The lowest BCUT2D eigenvalue weighted by atomic mass is 9.89. The van der Waals surface area contributed by atoms with Crippen LogP contribution in [0.3, 0.4) is 0 Å². The fourth-order valence-corrected chi connectivity index (χ4v) is 4.56. The van der Waals surface area contributed by atoms with E-state index >= 15 is 0 Å². The zero-order valence-corrected chi connectivity index (χ0v) is 17.2. The Morgan fingerprint density at radius 3 is 2.66 bits per heavy atom. The van der Waals surface area contributed by atoms with Gasteiger partial charge in [-0.25, -0.2) is 4.39 Å². The van der Waals surface area contributed by atoms with E-state index in [2.05, 4.69) is 31.5 Å². The van der Waals surface area contributed by atoms with Gasteiger partial charge in [0.25, 0.3) is 0 Å². The molecule has 0 bridgehead atoms. The van der Waals surface area contributed by atoms with Crippen LogP contribution in [-0.2, 0) is 6.54 Å². The van der Waals surface area contributed by atoms with Crippen molar-refractivity contribution in [2.45, 2.75) is 61.9 Å². The van der Waals surface area contributed by atoms with Gasteiger partial charge in [0.05, 0.1) is 5.25 Å². The maximum Gasteiger partial charge on any atom is 0.247 e. The third-order valence-corrected chi connectivity index (χ3v) is 6.26. The molecule has 4 rings (SSSR count). The number of benzene rings is 1. The lowest BCUT2D eigenvalue weighted by Gasteiger charge is -2.21. The minimum Gasteiger partial charge on any atom is -0.419 e. The third-order valence-electron chi connectivity index (χ3n) is 5.19. The number of aromatic nitrogens is 5. The Labute approximate surface area is 173 Å². The predicted octanol–water partition coefficient (Wildman–Crippen LogP) is 5.55. The zero-order chi connectivity index (χ0) is 20.2.